The molecular weight excluding hydrogens is 298 g/mol. The van der Waals surface area contributed by atoms with Gasteiger partial charge in [0.2, 0.25) is 0 Å². The fourth-order valence-electron chi connectivity index (χ4n) is 1.96. The number of hydrogen-bond acceptors (Lipinski definition) is 1. The smallest absolute Gasteiger partial charge is 0.0709 e. The predicted octanol–water partition coefficient (Wildman–Crippen LogP) is 5.17. The van der Waals surface area contributed by atoms with Gasteiger partial charge in [0, 0.05) is 9.86 Å². The van der Waals surface area contributed by atoms with Crippen molar-refractivity contribution in [3.05, 3.63) is 76.4 Å². The molecule has 1 nitrogen and oxygen atoms in total. The number of aromatic nitrogens is 1. The molecule has 1 heterocycles. The van der Waals surface area contributed by atoms with Crippen LogP contribution in [0.2, 0.25) is 0 Å². The number of para-hydroxylation sites is 1. The van der Waals surface area contributed by atoms with Crippen LogP contribution in [0.3, 0.4) is 0 Å². The third-order valence-corrected chi connectivity index (χ3v) is 3.68. The molecule has 0 aliphatic carbocycles. The second-order valence-electron chi connectivity index (χ2n) is 4.28. The van der Waals surface area contributed by atoms with Crippen LogP contribution in [0.5, 0.6) is 0 Å². The normalized spacial score (nSPS) is 11.2. The van der Waals surface area contributed by atoms with Crippen LogP contribution >= 0.6 is 15.9 Å². The number of rotatable bonds is 2. The summed E-state index contributed by atoms with van der Waals surface area (Å²) in [4.78, 5) is 4.62. The fraction of sp³-hybridized carbons (Fsp3) is 0. The molecule has 0 atom stereocenters. The molecule has 0 spiro atoms. The molecule has 92 valence electrons. The van der Waals surface area contributed by atoms with Crippen molar-refractivity contribution in [1.29, 1.82) is 0 Å². The monoisotopic (exact) mass is 309 g/mol. The van der Waals surface area contributed by atoms with Gasteiger partial charge >= 0.3 is 0 Å². The lowest BCUT2D eigenvalue weighted by Gasteiger charge is -1.99. The van der Waals surface area contributed by atoms with Gasteiger partial charge in [-0.05, 0) is 29.8 Å². The van der Waals surface area contributed by atoms with E-state index in [2.05, 4.69) is 45.2 Å². The molecule has 0 aliphatic heterocycles. The topological polar surface area (TPSA) is 12.9 Å². The fourth-order valence-corrected chi connectivity index (χ4v) is 2.38. The van der Waals surface area contributed by atoms with E-state index in [4.69, 9.17) is 0 Å². The molecule has 0 fully saturated rings. The number of hydrogen-bond donors (Lipinski definition) is 0. The van der Waals surface area contributed by atoms with E-state index in [0.717, 1.165) is 21.2 Å². The van der Waals surface area contributed by atoms with Crippen LogP contribution in [0.25, 0.3) is 23.1 Å². The van der Waals surface area contributed by atoms with Crippen LogP contribution in [0.1, 0.15) is 11.3 Å². The molecule has 0 bridgehead atoms. The summed E-state index contributed by atoms with van der Waals surface area (Å²) in [6.45, 7) is 0. The van der Waals surface area contributed by atoms with Crippen molar-refractivity contribution in [2.75, 3.05) is 0 Å². The van der Waals surface area contributed by atoms with Crippen molar-refractivity contribution in [2.45, 2.75) is 0 Å². The lowest BCUT2D eigenvalue weighted by Crippen LogP contribution is -1.82. The highest BCUT2D eigenvalue weighted by molar-refractivity contribution is 9.10. The molecule has 0 saturated carbocycles. The number of nitrogens with zero attached hydrogens (tertiary/aromatic N) is 1. The molecule has 2 aromatic carbocycles. The highest BCUT2D eigenvalue weighted by Crippen LogP contribution is 2.19. The van der Waals surface area contributed by atoms with Gasteiger partial charge in [-0.1, -0.05) is 64.5 Å². The predicted molar refractivity (Wildman–Crippen MR) is 84.8 cm³/mol. The Labute approximate surface area is 120 Å². The van der Waals surface area contributed by atoms with Crippen LogP contribution in [0.15, 0.2) is 65.1 Å². The quantitative estimate of drug-likeness (QED) is 0.636. The summed E-state index contributed by atoms with van der Waals surface area (Å²) in [6.07, 6.45) is 4.10. The Hall–Kier alpha value is -1.93. The number of fused-ring (bicyclic) bond motifs is 1. The molecular formula is C17H12BrN. The van der Waals surface area contributed by atoms with Crippen molar-refractivity contribution in [3.63, 3.8) is 0 Å². The Morgan fingerprint density at radius 2 is 1.58 bits per heavy atom. The minimum Gasteiger partial charge on any atom is -0.248 e. The van der Waals surface area contributed by atoms with Gasteiger partial charge in [0.05, 0.1) is 11.2 Å². The summed E-state index contributed by atoms with van der Waals surface area (Å²) in [5.41, 5.74) is 3.14. The van der Waals surface area contributed by atoms with Crippen molar-refractivity contribution in [3.8, 4) is 0 Å². The maximum absolute atomic E-state index is 4.62. The molecule has 0 saturated heterocycles. The Morgan fingerprint density at radius 3 is 2.47 bits per heavy atom. The molecule has 0 radical (unpaired) electrons. The summed E-state index contributed by atoms with van der Waals surface area (Å²) in [6, 6.07) is 20.4. The van der Waals surface area contributed by atoms with Gasteiger partial charge in [-0.25, -0.2) is 4.98 Å². The summed E-state index contributed by atoms with van der Waals surface area (Å²) < 4.78 is 1.09. The molecule has 0 amide bonds. The van der Waals surface area contributed by atoms with E-state index >= 15 is 0 Å². The van der Waals surface area contributed by atoms with Gasteiger partial charge in [0.25, 0.3) is 0 Å². The van der Waals surface area contributed by atoms with Crippen LogP contribution < -0.4 is 0 Å². The second-order valence-corrected chi connectivity index (χ2v) is 5.14. The molecule has 0 aliphatic rings. The molecule has 0 N–H and O–H groups in total. The van der Waals surface area contributed by atoms with E-state index in [1.54, 1.807) is 0 Å². The van der Waals surface area contributed by atoms with Gasteiger partial charge in [-0.15, -0.1) is 0 Å². The van der Waals surface area contributed by atoms with Crippen molar-refractivity contribution < 1.29 is 0 Å². The maximum Gasteiger partial charge on any atom is 0.0709 e. The molecule has 19 heavy (non-hydrogen) atoms. The molecule has 3 rings (SSSR count). The van der Waals surface area contributed by atoms with Gasteiger partial charge in [0.1, 0.15) is 0 Å². The van der Waals surface area contributed by atoms with E-state index in [9.17, 15) is 0 Å². The van der Waals surface area contributed by atoms with E-state index in [1.807, 2.05) is 48.5 Å². The highest BCUT2D eigenvalue weighted by Gasteiger charge is 1.96. The third-order valence-electron chi connectivity index (χ3n) is 2.96. The molecule has 1 aromatic heterocycles. The zero-order valence-electron chi connectivity index (χ0n) is 10.3. The standard InChI is InChI=1S/C17H12BrN/c18-16-7-3-1-5-13(16)9-11-15-12-10-14-6-2-4-8-17(14)19-15/h1-12H/b11-9+. The summed E-state index contributed by atoms with van der Waals surface area (Å²) in [5.74, 6) is 0. The zero-order chi connectivity index (χ0) is 13.1. The van der Waals surface area contributed by atoms with E-state index < -0.39 is 0 Å². The Morgan fingerprint density at radius 1 is 0.789 bits per heavy atom. The van der Waals surface area contributed by atoms with Crippen molar-refractivity contribution in [2.24, 2.45) is 0 Å². The van der Waals surface area contributed by atoms with E-state index in [1.165, 1.54) is 5.39 Å². The van der Waals surface area contributed by atoms with Crippen LogP contribution in [-0.4, -0.2) is 4.98 Å². The molecule has 2 heteroatoms. The largest absolute Gasteiger partial charge is 0.248 e. The lowest BCUT2D eigenvalue weighted by molar-refractivity contribution is 1.37. The minimum absolute atomic E-state index is 0.967. The Kier molecular flexibility index (Phi) is 3.43. The van der Waals surface area contributed by atoms with Gasteiger partial charge in [0.15, 0.2) is 0 Å². The van der Waals surface area contributed by atoms with Gasteiger partial charge in [-0.2, -0.15) is 0 Å². The van der Waals surface area contributed by atoms with Crippen LogP contribution in [0, 0.1) is 0 Å². The summed E-state index contributed by atoms with van der Waals surface area (Å²) >= 11 is 3.54. The maximum atomic E-state index is 4.62. The van der Waals surface area contributed by atoms with Gasteiger partial charge < -0.3 is 0 Å². The average molecular weight is 310 g/mol. The van der Waals surface area contributed by atoms with Crippen LogP contribution in [0.4, 0.5) is 0 Å². The van der Waals surface area contributed by atoms with Gasteiger partial charge in [-0.3, -0.25) is 0 Å². The third kappa shape index (κ3) is 2.74. The first-order valence-electron chi connectivity index (χ1n) is 6.11. The first-order chi connectivity index (χ1) is 9.33. The van der Waals surface area contributed by atoms with Crippen molar-refractivity contribution in [1.82, 2.24) is 4.98 Å². The van der Waals surface area contributed by atoms with Crippen LogP contribution in [-0.2, 0) is 0 Å². The summed E-state index contributed by atoms with van der Waals surface area (Å²) in [5, 5.41) is 1.17. The van der Waals surface area contributed by atoms with Crippen molar-refractivity contribution >= 4 is 39.0 Å². The van der Waals surface area contributed by atoms with E-state index in [0.29, 0.717) is 0 Å². The minimum atomic E-state index is 0.967. The first kappa shape index (κ1) is 12.1. The SMILES string of the molecule is Brc1ccccc1/C=C/c1ccc2ccccc2n1. The Balaban J connectivity index is 1.95. The molecule has 0 unspecified atom stereocenters. The lowest BCUT2D eigenvalue weighted by atomic mass is 10.1. The number of halogens is 1. The van der Waals surface area contributed by atoms with E-state index in [-0.39, 0.29) is 0 Å². The number of pyridine rings is 1. The zero-order valence-corrected chi connectivity index (χ0v) is 11.8. The number of benzene rings is 2. The second kappa shape index (κ2) is 5.37. The highest BCUT2D eigenvalue weighted by atomic mass is 79.9. The molecule has 3 aromatic rings. The summed E-state index contributed by atoms with van der Waals surface area (Å²) in [7, 11) is 0. The first-order valence-corrected chi connectivity index (χ1v) is 6.91. The average Bonchev–Trinajstić information content (AvgIpc) is 2.46. The Bertz CT molecular complexity index is 747.